The van der Waals surface area contributed by atoms with Gasteiger partial charge in [0.25, 0.3) is 5.91 Å². The van der Waals surface area contributed by atoms with Crippen LogP contribution in [0, 0.1) is 12.7 Å². The van der Waals surface area contributed by atoms with Gasteiger partial charge in [0.2, 0.25) is 5.95 Å². The molecule has 0 saturated heterocycles. The number of hydrogen-bond acceptors (Lipinski definition) is 5. The summed E-state index contributed by atoms with van der Waals surface area (Å²) in [6.45, 7) is 1.99. The van der Waals surface area contributed by atoms with Crippen molar-refractivity contribution in [2.45, 2.75) is 44.7 Å². The fourth-order valence-electron chi connectivity index (χ4n) is 3.42. The van der Waals surface area contributed by atoms with Gasteiger partial charge in [0.15, 0.2) is 0 Å². The Bertz CT molecular complexity index is 803. The Morgan fingerprint density at radius 2 is 1.89 bits per heavy atom. The van der Waals surface area contributed by atoms with Gasteiger partial charge in [-0.3, -0.25) is 4.79 Å². The van der Waals surface area contributed by atoms with E-state index in [0.717, 1.165) is 37.1 Å². The number of carbonyl (C=O) groups is 1. The van der Waals surface area contributed by atoms with Crippen molar-refractivity contribution >= 4 is 17.7 Å². The highest BCUT2D eigenvalue weighted by molar-refractivity contribution is 5.94. The minimum atomic E-state index is -0.397. The molecule has 1 amide bonds. The Morgan fingerprint density at radius 3 is 2.56 bits per heavy atom. The Morgan fingerprint density at radius 1 is 1.19 bits per heavy atom. The number of nitrogens with zero attached hydrogens (tertiary/aromatic N) is 3. The third-order valence-electron chi connectivity index (χ3n) is 4.85. The zero-order valence-electron chi connectivity index (χ0n) is 16.0. The van der Waals surface area contributed by atoms with Crippen molar-refractivity contribution in [1.82, 2.24) is 15.3 Å². The molecule has 1 aromatic heterocycles. The molecule has 1 aliphatic carbocycles. The summed E-state index contributed by atoms with van der Waals surface area (Å²) >= 11 is 0. The summed E-state index contributed by atoms with van der Waals surface area (Å²) in [5.74, 6) is 0.925. The molecule has 0 aliphatic heterocycles. The first-order chi connectivity index (χ1) is 12.9. The first-order valence-corrected chi connectivity index (χ1v) is 9.26. The zero-order valence-corrected chi connectivity index (χ0v) is 16.0. The maximum atomic E-state index is 13.3. The van der Waals surface area contributed by atoms with Crippen LogP contribution in [0.25, 0.3) is 0 Å². The summed E-state index contributed by atoms with van der Waals surface area (Å²) in [5.41, 5.74) is 1.40. The van der Waals surface area contributed by atoms with Crippen LogP contribution >= 0.6 is 0 Å². The number of halogens is 1. The highest BCUT2D eigenvalue weighted by atomic mass is 19.1. The molecule has 27 heavy (non-hydrogen) atoms. The first kappa shape index (κ1) is 19.1. The largest absolute Gasteiger partial charge is 0.362 e. The Kier molecular flexibility index (Phi) is 5.88. The van der Waals surface area contributed by atoms with Gasteiger partial charge >= 0.3 is 0 Å². The molecular formula is C20H26FN5O. The second kappa shape index (κ2) is 8.33. The van der Waals surface area contributed by atoms with Crippen LogP contribution in [0.2, 0.25) is 0 Å². The van der Waals surface area contributed by atoms with E-state index in [1.807, 2.05) is 32.1 Å². The second-order valence-electron chi connectivity index (χ2n) is 7.27. The number of amides is 1. The van der Waals surface area contributed by atoms with Gasteiger partial charge in [0.05, 0.1) is 0 Å². The van der Waals surface area contributed by atoms with E-state index in [-0.39, 0.29) is 18.0 Å². The number of hydrogen-bond donors (Lipinski definition) is 2. The Balaban J connectivity index is 1.52. The number of anilines is 2. The van der Waals surface area contributed by atoms with E-state index >= 15 is 0 Å². The van der Waals surface area contributed by atoms with E-state index in [2.05, 4.69) is 20.6 Å². The number of aryl methyl sites for hydroxylation is 1. The van der Waals surface area contributed by atoms with Gasteiger partial charge in [-0.15, -0.1) is 0 Å². The molecule has 2 aromatic rings. The normalized spacial score (nSPS) is 19.4. The lowest BCUT2D eigenvalue weighted by molar-refractivity contribution is 0.0926. The van der Waals surface area contributed by atoms with Crippen molar-refractivity contribution in [3.05, 3.63) is 47.4 Å². The number of aromatic nitrogens is 2. The van der Waals surface area contributed by atoms with Crippen LogP contribution in [-0.2, 0) is 0 Å². The van der Waals surface area contributed by atoms with Crippen molar-refractivity contribution < 1.29 is 9.18 Å². The molecule has 0 radical (unpaired) electrons. The summed E-state index contributed by atoms with van der Waals surface area (Å²) in [7, 11) is 3.93. The average molecular weight is 371 g/mol. The molecule has 3 rings (SSSR count). The van der Waals surface area contributed by atoms with Gasteiger partial charge in [0, 0.05) is 43.5 Å². The van der Waals surface area contributed by atoms with E-state index in [4.69, 9.17) is 0 Å². The van der Waals surface area contributed by atoms with Gasteiger partial charge in [0.1, 0.15) is 11.6 Å². The third kappa shape index (κ3) is 4.93. The van der Waals surface area contributed by atoms with Crippen molar-refractivity contribution in [1.29, 1.82) is 0 Å². The van der Waals surface area contributed by atoms with Crippen molar-refractivity contribution in [3.8, 4) is 0 Å². The Hall–Kier alpha value is -2.70. The van der Waals surface area contributed by atoms with E-state index in [1.54, 1.807) is 12.1 Å². The van der Waals surface area contributed by atoms with Gasteiger partial charge in [-0.25, -0.2) is 9.37 Å². The summed E-state index contributed by atoms with van der Waals surface area (Å²) < 4.78 is 13.3. The second-order valence-corrected chi connectivity index (χ2v) is 7.27. The lowest BCUT2D eigenvalue weighted by atomic mass is 9.91. The molecule has 144 valence electrons. The lowest BCUT2D eigenvalue weighted by Crippen LogP contribution is -2.40. The van der Waals surface area contributed by atoms with E-state index in [9.17, 15) is 9.18 Å². The maximum absolute atomic E-state index is 13.3. The van der Waals surface area contributed by atoms with E-state index < -0.39 is 5.82 Å². The van der Waals surface area contributed by atoms with Crippen LogP contribution in [0.3, 0.4) is 0 Å². The third-order valence-corrected chi connectivity index (χ3v) is 4.85. The molecule has 1 saturated carbocycles. The molecule has 1 fully saturated rings. The Labute approximate surface area is 159 Å². The predicted octanol–water partition coefficient (Wildman–Crippen LogP) is 3.14. The van der Waals surface area contributed by atoms with Crippen LogP contribution in [0.5, 0.6) is 0 Å². The molecule has 0 atom stereocenters. The van der Waals surface area contributed by atoms with Crippen LogP contribution in [0.15, 0.2) is 30.5 Å². The molecule has 0 unspecified atom stereocenters. The monoisotopic (exact) mass is 371 g/mol. The predicted molar refractivity (Wildman–Crippen MR) is 105 cm³/mol. The van der Waals surface area contributed by atoms with Gasteiger partial charge in [-0.2, -0.15) is 4.98 Å². The standard InChI is InChI=1S/C20H26FN5O/c1-13-12-22-20(25-18(13)26(2)3)24-17-9-7-16(8-10-17)23-19(27)14-5-4-6-15(21)11-14/h4-6,11-12,16-17H,7-10H2,1-3H3,(H,23,27)(H,22,24,25). The SMILES string of the molecule is Cc1cnc(NC2CCC(NC(=O)c3cccc(F)c3)CC2)nc1N(C)C. The molecule has 0 spiro atoms. The van der Waals surface area contributed by atoms with Crippen LogP contribution in [0.4, 0.5) is 16.2 Å². The highest BCUT2D eigenvalue weighted by Crippen LogP contribution is 2.23. The molecule has 6 nitrogen and oxygen atoms in total. The quantitative estimate of drug-likeness (QED) is 0.845. The minimum Gasteiger partial charge on any atom is -0.362 e. The molecule has 7 heteroatoms. The highest BCUT2D eigenvalue weighted by Gasteiger charge is 2.23. The molecule has 2 N–H and O–H groups in total. The molecule has 0 bridgehead atoms. The number of rotatable bonds is 5. The summed E-state index contributed by atoms with van der Waals surface area (Å²) in [4.78, 5) is 23.2. The topological polar surface area (TPSA) is 70.1 Å². The maximum Gasteiger partial charge on any atom is 0.251 e. The van der Waals surface area contributed by atoms with Crippen molar-refractivity contribution in [2.24, 2.45) is 0 Å². The number of nitrogens with one attached hydrogen (secondary N) is 2. The summed E-state index contributed by atoms with van der Waals surface area (Å²) in [6.07, 6.45) is 5.40. The molecule has 1 aromatic carbocycles. The van der Waals surface area contributed by atoms with Crippen LogP contribution < -0.4 is 15.5 Å². The average Bonchev–Trinajstić information content (AvgIpc) is 2.64. The lowest BCUT2D eigenvalue weighted by Gasteiger charge is -2.30. The van der Waals surface area contributed by atoms with Crippen molar-refractivity contribution in [2.75, 3.05) is 24.3 Å². The van der Waals surface area contributed by atoms with E-state index in [1.165, 1.54) is 12.1 Å². The van der Waals surface area contributed by atoms with E-state index in [0.29, 0.717) is 11.5 Å². The number of carbonyl (C=O) groups excluding carboxylic acids is 1. The molecule has 1 aliphatic rings. The van der Waals surface area contributed by atoms with Crippen LogP contribution in [0.1, 0.15) is 41.6 Å². The van der Waals surface area contributed by atoms with Crippen molar-refractivity contribution in [3.63, 3.8) is 0 Å². The fraction of sp³-hybridized carbons (Fsp3) is 0.450. The van der Waals surface area contributed by atoms with Gasteiger partial charge < -0.3 is 15.5 Å². The number of benzene rings is 1. The zero-order chi connectivity index (χ0) is 19.4. The molecular weight excluding hydrogens is 345 g/mol. The summed E-state index contributed by atoms with van der Waals surface area (Å²) in [6, 6.07) is 6.17. The van der Waals surface area contributed by atoms with Crippen LogP contribution in [-0.4, -0.2) is 42.1 Å². The van der Waals surface area contributed by atoms with Gasteiger partial charge in [-0.05, 0) is 50.8 Å². The minimum absolute atomic E-state index is 0.107. The van der Waals surface area contributed by atoms with Gasteiger partial charge in [-0.1, -0.05) is 6.07 Å². The smallest absolute Gasteiger partial charge is 0.251 e. The molecule has 1 heterocycles. The fourth-order valence-corrected chi connectivity index (χ4v) is 3.42. The summed E-state index contributed by atoms with van der Waals surface area (Å²) in [5, 5.41) is 6.41. The first-order valence-electron chi connectivity index (χ1n) is 9.26.